The number of furan rings is 2. The summed E-state index contributed by atoms with van der Waals surface area (Å²) in [7, 11) is 0. The summed E-state index contributed by atoms with van der Waals surface area (Å²) >= 11 is 24.0. The minimum Gasteiger partial charge on any atom is -0.459 e. The average molecular weight is 630 g/mol. The summed E-state index contributed by atoms with van der Waals surface area (Å²) in [5.41, 5.74) is 2.16. The predicted octanol–water partition coefficient (Wildman–Crippen LogP) is 6.99. The van der Waals surface area contributed by atoms with E-state index in [4.69, 9.17) is 55.9 Å². The van der Waals surface area contributed by atoms with Crippen molar-refractivity contribution in [1.82, 2.24) is 10.2 Å². The van der Waals surface area contributed by atoms with Crippen LogP contribution in [0, 0.1) is 0 Å². The van der Waals surface area contributed by atoms with E-state index in [1.165, 1.54) is 18.4 Å². The monoisotopic (exact) mass is 628 g/mol. The molecule has 41 heavy (non-hydrogen) atoms. The lowest BCUT2D eigenvalue weighted by Crippen LogP contribution is -2.48. The summed E-state index contributed by atoms with van der Waals surface area (Å²) in [6, 6.07) is 17.4. The molecule has 2 amide bonds. The lowest BCUT2D eigenvalue weighted by molar-refractivity contribution is -0.115. The van der Waals surface area contributed by atoms with Gasteiger partial charge < -0.3 is 24.0 Å². The van der Waals surface area contributed by atoms with Crippen LogP contribution in [-0.2, 0) is 4.79 Å². The molecule has 0 spiro atoms. The number of amides is 2. The zero-order valence-corrected chi connectivity index (χ0v) is 24.5. The smallest absolute Gasteiger partial charge is 0.289 e. The van der Waals surface area contributed by atoms with Crippen LogP contribution < -0.4 is 15.5 Å². The number of anilines is 2. The van der Waals surface area contributed by atoms with E-state index in [0.29, 0.717) is 69.8 Å². The van der Waals surface area contributed by atoms with Crippen molar-refractivity contribution in [2.24, 2.45) is 0 Å². The normalized spacial score (nSPS) is 13.4. The van der Waals surface area contributed by atoms with Crippen molar-refractivity contribution in [3.05, 3.63) is 99.6 Å². The molecule has 0 unspecified atom stereocenters. The molecule has 1 saturated heterocycles. The molecular formula is C29H23Cl3N4O4S. The highest BCUT2D eigenvalue weighted by atomic mass is 35.5. The number of thiocarbonyl (C=S) groups is 1. The van der Waals surface area contributed by atoms with Crippen LogP contribution in [-0.4, -0.2) is 48.0 Å². The van der Waals surface area contributed by atoms with Gasteiger partial charge in [-0.3, -0.25) is 14.9 Å². The number of nitrogens with zero attached hydrogens (tertiary/aromatic N) is 2. The topological polar surface area (TPSA) is 91.0 Å². The molecule has 12 heteroatoms. The summed E-state index contributed by atoms with van der Waals surface area (Å²) < 4.78 is 11.0. The van der Waals surface area contributed by atoms with Crippen LogP contribution in [0.4, 0.5) is 11.4 Å². The van der Waals surface area contributed by atoms with E-state index in [1.807, 2.05) is 12.1 Å². The fourth-order valence-corrected chi connectivity index (χ4v) is 5.32. The average Bonchev–Trinajstić information content (AvgIpc) is 3.65. The van der Waals surface area contributed by atoms with Gasteiger partial charge in [0, 0.05) is 48.5 Å². The van der Waals surface area contributed by atoms with Crippen molar-refractivity contribution in [2.75, 3.05) is 36.4 Å². The van der Waals surface area contributed by atoms with Gasteiger partial charge in [-0.05, 0) is 79.0 Å². The number of hydrogen-bond acceptors (Lipinski definition) is 6. The second-order valence-electron chi connectivity index (χ2n) is 9.03. The zero-order valence-electron chi connectivity index (χ0n) is 21.4. The predicted molar refractivity (Wildman–Crippen MR) is 166 cm³/mol. The van der Waals surface area contributed by atoms with E-state index < -0.39 is 5.91 Å². The summed E-state index contributed by atoms with van der Waals surface area (Å²) in [6.45, 7) is 2.36. The Morgan fingerprint density at radius 1 is 0.927 bits per heavy atom. The SMILES string of the molecule is O=C(/C=C/c1ccc(-c2ccc(Cl)cc2Cl)o1)NC(=S)Nc1ccc(N2CCN(C(=O)c3ccco3)CC2)c(Cl)c1. The highest BCUT2D eigenvalue weighted by Gasteiger charge is 2.24. The first kappa shape index (κ1) is 28.8. The molecule has 0 atom stereocenters. The Labute approximate surface area is 256 Å². The number of piperazine rings is 1. The van der Waals surface area contributed by atoms with Crippen molar-refractivity contribution < 1.29 is 18.4 Å². The third-order valence-electron chi connectivity index (χ3n) is 6.30. The Kier molecular flexibility index (Phi) is 8.99. The molecule has 2 aromatic heterocycles. The number of benzene rings is 2. The Morgan fingerprint density at radius 3 is 2.44 bits per heavy atom. The number of rotatable bonds is 6. The lowest BCUT2D eigenvalue weighted by atomic mass is 10.2. The molecule has 2 N–H and O–H groups in total. The maximum Gasteiger partial charge on any atom is 0.289 e. The minimum absolute atomic E-state index is 0.113. The third-order valence-corrected chi connectivity index (χ3v) is 7.36. The molecule has 3 heterocycles. The van der Waals surface area contributed by atoms with E-state index in [2.05, 4.69) is 15.5 Å². The van der Waals surface area contributed by atoms with Crippen LogP contribution in [0.15, 0.2) is 81.8 Å². The van der Waals surface area contributed by atoms with Gasteiger partial charge in [0.1, 0.15) is 11.5 Å². The first-order valence-electron chi connectivity index (χ1n) is 12.5. The molecule has 4 aromatic rings. The van der Waals surface area contributed by atoms with Crippen LogP contribution in [0.2, 0.25) is 15.1 Å². The maximum atomic E-state index is 12.5. The first-order valence-corrected chi connectivity index (χ1v) is 14.0. The molecule has 0 saturated carbocycles. The van der Waals surface area contributed by atoms with E-state index in [0.717, 1.165) is 5.69 Å². The van der Waals surface area contributed by atoms with Gasteiger partial charge in [-0.2, -0.15) is 0 Å². The van der Waals surface area contributed by atoms with E-state index >= 15 is 0 Å². The van der Waals surface area contributed by atoms with Gasteiger partial charge in [-0.15, -0.1) is 0 Å². The highest BCUT2D eigenvalue weighted by molar-refractivity contribution is 7.80. The molecule has 210 valence electrons. The van der Waals surface area contributed by atoms with Crippen LogP contribution >= 0.6 is 47.0 Å². The summed E-state index contributed by atoms with van der Waals surface area (Å²) in [5, 5.41) is 7.18. The number of carbonyl (C=O) groups is 2. The fourth-order valence-electron chi connectivity index (χ4n) is 4.30. The van der Waals surface area contributed by atoms with Crippen molar-refractivity contribution in [1.29, 1.82) is 0 Å². The molecule has 0 radical (unpaired) electrons. The van der Waals surface area contributed by atoms with Crippen molar-refractivity contribution >= 4 is 81.4 Å². The summed E-state index contributed by atoms with van der Waals surface area (Å²) in [6.07, 6.45) is 4.33. The molecule has 1 aliphatic rings. The minimum atomic E-state index is -0.436. The lowest BCUT2D eigenvalue weighted by Gasteiger charge is -2.36. The summed E-state index contributed by atoms with van der Waals surface area (Å²) in [5.74, 6) is 0.791. The second kappa shape index (κ2) is 12.8. The quantitative estimate of drug-likeness (QED) is 0.176. The van der Waals surface area contributed by atoms with Gasteiger partial charge >= 0.3 is 0 Å². The van der Waals surface area contributed by atoms with Gasteiger partial charge in [0.05, 0.1) is 22.0 Å². The van der Waals surface area contributed by atoms with Gasteiger partial charge in [-0.25, -0.2) is 0 Å². The Bertz CT molecular complexity index is 1610. The molecular weight excluding hydrogens is 607 g/mol. The summed E-state index contributed by atoms with van der Waals surface area (Å²) in [4.78, 5) is 28.8. The Morgan fingerprint density at radius 2 is 1.73 bits per heavy atom. The molecule has 0 bridgehead atoms. The van der Waals surface area contributed by atoms with Gasteiger partial charge in [-0.1, -0.05) is 34.8 Å². The zero-order chi connectivity index (χ0) is 28.9. The molecule has 2 aromatic carbocycles. The Balaban J connectivity index is 1.12. The van der Waals surface area contributed by atoms with Gasteiger partial charge in [0.25, 0.3) is 5.91 Å². The van der Waals surface area contributed by atoms with Crippen molar-refractivity contribution in [2.45, 2.75) is 0 Å². The first-order chi connectivity index (χ1) is 19.8. The fraction of sp³-hybridized carbons (Fsp3) is 0.138. The van der Waals surface area contributed by atoms with Gasteiger partial charge in [0.2, 0.25) is 5.91 Å². The molecule has 1 aliphatic heterocycles. The number of halogens is 3. The molecule has 8 nitrogen and oxygen atoms in total. The molecule has 5 rings (SSSR count). The molecule has 1 fully saturated rings. The van der Waals surface area contributed by atoms with Crippen LogP contribution in [0.1, 0.15) is 16.3 Å². The maximum absolute atomic E-state index is 12.5. The van der Waals surface area contributed by atoms with Crippen molar-refractivity contribution in [3.63, 3.8) is 0 Å². The van der Waals surface area contributed by atoms with E-state index in [9.17, 15) is 9.59 Å². The van der Waals surface area contributed by atoms with Crippen LogP contribution in [0.3, 0.4) is 0 Å². The van der Waals surface area contributed by atoms with Gasteiger partial charge in [0.15, 0.2) is 10.9 Å². The van der Waals surface area contributed by atoms with Crippen LogP contribution in [0.25, 0.3) is 17.4 Å². The standard InChI is InChI=1S/C29H23Cl3N4O4S/c30-18-3-7-21(22(31)16-18)25-9-5-20(40-25)6-10-27(37)34-29(41)33-19-4-8-24(23(32)17-19)35-11-13-36(14-12-35)28(38)26-2-1-15-39-26/h1-10,15-17H,11-14H2,(H2,33,34,37,41)/b10-6+. The highest BCUT2D eigenvalue weighted by Crippen LogP contribution is 2.32. The number of nitrogens with one attached hydrogen (secondary N) is 2. The number of carbonyl (C=O) groups excluding carboxylic acids is 2. The number of hydrogen-bond donors (Lipinski definition) is 2. The van der Waals surface area contributed by atoms with E-state index in [1.54, 1.807) is 53.4 Å². The largest absolute Gasteiger partial charge is 0.459 e. The van der Waals surface area contributed by atoms with Crippen LogP contribution in [0.5, 0.6) is 0 Å². The Hall–Kier alpha value is -3.76. The van der Waals surface area contributed by atoms with Crippen molar-refractivity contribution in [3.8, 4) is 11.3 Å². The van der Waals surface area contributed by atoms with E-state index in [-0.39, 0.29) is 11.0 Å². The third kappa shape index (κ3) is 7.12. The second-order valence-corrected chi connectivity index (χ2v) is 10.7. The molecule has 0 aliphatic carbocycles.